The molecule has 2 aliphatic heterocycles. The SMILES string of the molecule is CCOC(=O)C1C2SCC(=O)N2N(C2CCC(N([O-])O)CC2)C1N. The third-order valence-electron chi connectivity index (χ3n) is 5.02. The van der Waals surface area contributed by atoms with E-state index in [1.807, 2.05) is 5.01 Å². The van der Waals surface area contributed by atoms with Crippen molar-refractivity contribution in [1.29, 1.82) is 0 Å². The molecule has 0 radical (unpaired) electrons. The van der Waals surface area contributed by atoms with Gasteiger partial charge < -0.3 is 20.9 Å². The molecule has 0 aromatic rings. The van der Waals surface area contributed by atoms with Gasteiger partial charge in [0.05, 0.1) is 18.5 Å². The molecule has 3 atom stereocenters. The maximum absolute atomic E-state index is 12.3. The van der Waals surface area contributed by atoms with Gasteiger partial charge in [0.25, 0.3) is 0 Å². The van der Waals surface area contributed by atoms with Gasteiger partial charge in [0.1, 0.15) is 11.3 Å². The van der Waals surface area contributed by atoms with Crippen molar-refractivity contribution in [3.05, 3.63) is 5.21 Å². The lowest BCUT2D eigenvalue weighted by Crippen LogP contribution is -2.55. The molecule has 1 saturated carbocycles. The molecule has 3 rings (SSSR count). The minimum absolute atomic E-state index is 0.0151. The highest BCUT2D eigenvalue weighted by Crippen LogP contribution is 2.44. The standard InChI is InChI=1S/C14H23N4O5S/c1-2-23-14(20)11-12(15)16(17-10(19)7-24-13(11)17)8-3-5-9(6-4-8)18(21)22/h8-9,11-13,21H,2-7,15H2,1H3/q-1. The summed E-state index contributed by atoms with van der Waals surface area (Å²) < 4.78 is 5.15. The van der Waals surface area contributed by atoms with Crippen LogP contribution in [0.15, 0.2) is 0 Å². The summed E-state index contributed by atoms with van der Waals surface area (Å²) in [6.45, 7) is 2.01. The zero-order valence-electron chi connectivity index (χ0n) is 13.5. The molecule has 1 aliphatic carbocycles. The molecule has 10 heteroatoms. The number of nitrogens with zero attached hydrogens (tertiary/aromatic N) is 3. The third-order valence-corrected chi connectivity index (χ3v) is 6.26. The molecule has 2 saturated heterocycles. The molecule has 0 aromatic carbocycles. The minimum atomic E-state index is -0.621. The summed E-state index contributed by atoms with van der Waals surface area (Å²) in [5.41, 5.74) is 6.33. The van der Waals surface area contributed by atoms with Crippen molar-refractivity contribution >= 4 is 23.6 Å². The molecule has 3 aliphatic rings. The average Bonchev–Trinajstić information content (AvgIpc) is 3.05. The van der Waals surface area contributed by atoms with Crippen molar-refractivity contribution < 1.29 is 19.5 Å². The molecule has 136 valence electrons. The molecule has 3 N–H and O–H groups in total. The van der Waals surface area contributed by atoms with E-state index in [4.69, 9.17) is 15.7 Å². The van der Waals surface area contributed by atoms with Crippen LogP contribution < -0.4 is 5.73 Å². The van der Waals surface area contributed by atoms with Gasteiger partial charge in [0.15, 0.2) is 0 Å². The van der Waals surface area contributed by atoms with E-state index in [0.29, 0.717) is 31.4 Å². The van der Waals surface area contributed by atoms with Gasteiger partial charge in [0, 0.05) is 12.1 Å². The largest absolute Gasteiger partial charge is 0.762 e. The first-order chi connectivity index (χ1) is 11.5. The first kappa shape index (κ1) is 17.9. The number of hydroxylamine groups is 2. The summed E-state index contributed by atoms with van der Waals surface area (Å²) in [5.74, 6) is -0.682. The monoisotopic (exact) mass is 359 g/mol. The second-order valence-electron chi connectivity index (χ2n) is 6.35. The van der Waals surface area contributed by atoms with Crippen LogP contribution in [0.3, 0.4) is 0 Å². The fraction of sp³-hybridized carbons (Fsp3) is 0.857. The maximum atomic E-state index is 12.3. The Hall–Kier alpha value is -0.910. The lowest BCUT2D eigenvalue weighted by Gasteiger charge is -2.42. The Kier molecular flexibility index (Phi) is 5.33. The highest BCUT2D eigenvalue weighted by atomic mass is 32.2. The molecular formula is C14H23N4O5S-. The predicted octanol–water partition coefficient (Wildman–Crippen LogP) is 0.0828. The van der Waals surface area contributed by atoms with E-state index in [1.165, 1.54) is 11.8 Å². The number of esters is 1. The number of nitrogens with two attached hydrogens (primary N) is 1. The second-order valence-corrected chi connectivity index (χ2v) is 7.46. The van der Waals surface area contributed by atoms with Gasteiger partial charge in [-0.25, -0.2) is 0 Å². The molecule has 3 unspecified atom stereocenters. The van der Waals surface area contributed by atoms with Crippen LogP contribution in [0, 0.1) is 11.1 Å². The molecule has 9 nitrogen and oxygen atoms in total. The van der Waals surface area contributed by atoms with E-state index >= 15 is 0 Å². The Morgan fingerprint density at radius 3 is 2.71 bits per heavy atom. The number of thioether (sulfide) groups is 1. The van der Waals surface area contributed by atoms with Crippen LogP contribution >= 0.6 is 11.8 Å². The van der Waals surface area contributed by atoms with Gasteiger partial charge in [-0.05, 0) is 32.6 Å². The van der Waals surface area contributed by atoms with E-state index < -0.39 is 18.1 Å². The highest BCUT2D eigenvalue weighted by molar-refractivity contribution is 8.01. The average molecular weight is 359 g/mol. The zero-order chi connectivity index (χ0) is 17.4. The second kappa shape index (κ2) is 7.14. The number of fused-ring (bicyclic) bond motifs is 1. The summed E-state index contributed by atoms with van der Waals surface area (Å²) in [7, 11) is 0. The van der Waals surface area contributed by atoms with Crippen LogP contribution in [0.4, 0.5) is 0 Å². The van der Waals surface area contributed by atoms with E-state index in [1.54, 1.807) is 11.9 Å². The topological polar surface area (TPSA) is 122 Å². The van der Waals surface area contributed by atoms with Gasteiger partial charge in [-0.15, -0.1) is 11.8 Å². The van der Waals surface area contributed by atoms with Crippen LogP contribution in [-0.4, -0.2) is 68.3 Å². The van der Waals surface area contributed by atoms with Crippen LogP contribution in [0.2, 0.25) is 0 Å². The predicted molar refractivity (Wildman–Crippen MR) is 86.1 cm³/mol. The summed E-state index contributed by atoms with van der Waals surface area (Å²) in [4.78, 5) is 24.6. The summed E-state index contributed by atoms with van der Waals surface area (Å²) in [5, 5.41) is 23.2. The van der Waals surface area contributed by atoms with Crippen LogP contribution in [-0.2, 0) is 14.3 Å². The van der Waals surface area contributed by atoms with Crippen LogP contribution in [0.5, 0.6) is 0 Å². The van der Waals surface area contributed by atoms with Crippen LogP contribution in [0.25, 0.3) is 0 Å². The smallest absolute Gasteiger partial charge is 0.315 e. The number of hydrazine groups is 1. The Balaban J connectivity index is 1.77. The molecule has 3 fully saturated rings. The lowest BCUT2D eigenvalue weighted by molar-refractivity contribution is -0.152. The van der Waals surface area contributed by atoms with Crippen molar-refractivity contribution in [2.45, 2.75) is 56.2 Å². The Morgan fingerprint density at radius 2 is 2.12 bits per heavy atom. The number of carbonyl (C=O) groups is 2. The molecule has 0 aromatic heterocycles. The van der Waals surface area contributed by atoms with E-state index in [-0.39, 0.29) is 35.1 Å². The number of hydrogen-bond donors (Lipinski definition) is 2. The van der Waals surface area contributed by atoms with Crippen molar-refractivity contribution in [3.63, 3.8) is 0 Å². The molecule has 24 heavy (non-hydrogen) atoms. The van der Waals surface area contributed by atoms with Crippen LogP contribution in [0.1, 0.15) is 32.6 Å². The molecule has 1 amide bonds. The summed E-state index contributed by atoms with van der Waals surface area (Å²) in [6.07, 6.45) is 1.70. The third kappa shape index (κ3) is 3.02. The van der Waals surface area contributed by atoms with E-state index in [9.17, 15) is 14.8 Å². The van der Waals surface area contributed by atoms with E-state index in [2.05, 4.69) is 0 Å². The van der Waals surface area contributed by atoms with Gasteiger partial charge in [-0.1, -0.05) is 0 Å². The molecular weight excluding hydrogens is 336 g/mol. The highest BCUT2D eigenvalue weighted by Gasteiger charge is 2.57. The van der Waals surface area contributed by atoms with Crippen molar-refractivity contribution in [1.82, 2.24) is 15.2 Å². The molecule has 0 bridgehead atoms. The maximum Gasteiger partial charge on any atom is 0.315 e. The Morgan fingerprint density at radius 1 is 1.46 bits per heavy atom. The minimum Gasteiger partial charge on any atom is -0.762 e. The first-order valence-corrected chi connectivity index (χ1v) is 9.30. The Bertz CT molecular complexity index is 500. The fourth-order valence-corrected chi connectivity index (χ4v) is 5.18. The number of hydrogen-bond acceptors (Lipinski definition) is 9. The van der Waals surface area contributed by atoms with Gasteiger partial charge in [-0.2, -0.15) is 5.01 Å². The van der Waals surface area contributed by atoms with Gasteiger partial charge in [-0.3, -0.25) is 19.8 Å². The Labute approximate surface area is 144 Å². The van der Waals surface area contributed by atoms with Crippen molar-refractivity contribution in [3.8, 4) is 0 Å². The fourth-order valence-electron chi connectivity index (χ4n) is 3.89. The van der Waals surface area contributed by atoms with Gasteiger partial charge >= 0.3 is 5.97 Å². The number of rotatable bonds is 4. The zero-order valence-corrected chi connectivity index (χ0v) is 14.4. The normalized spacial score (nSPS) is 37.1. The number of amides is 1. The molecule has 0 spiro atoms. The molecule has 2 heterocycles. The van der Waals surface area contributed by atoms with Crippen molar-refractivity contribution in [2.24, 2.45) is 11.7 Å². The van der Waals surface area contributed by atoms with E-state index in [0.717, 1.165) is 0 Å². The number of carbonyl (C=O) groups excluding carboxylic acids is 2. The summed E-state index contributed by atoms with van der Waals surface area (Å²) >= 11 is 1.42. The number of ether oxygens (including phenoxy) is 1. The van der Waals surface area contributed by atoms with Crippen molar-refractivity contribution in [2.75, 3.05) is 12.4 Å². The first-order valence-electron chi connectivity index (χ1n) is 8.25. The van der Waals surface area contributed by atoms with Gasteiger partial charge in [0.2, 0.25) is 5.91 Å². The lowest BCUT2D eigenvalue weighted by atomic mass is 9.90. The summed E-state index contributed by atoms with van der Waals surface area (Å²) in [6, 6.07) is -0.443. The quantitative estimate of drug-likeness (QED) is 0.531.